The zero-order chi connectivity index (χ0) is 21.4. The lowest BCUT2D eigenvalue weighted by Gasteiger charge is -2.26. The number of morpholine rings is 1. The third-order valence-corrected chi connectivity index (χ3v) is 5.71. The van der Waals surface area contributed by atoms with E-state index in [4.69, 9.17) is 9.84 Å². The van der Waals surface area contributed by atoms with Gasteiger partial charge in [-0.25, -0.2) is 14.8 Å². The maximum Gasteiger partial charge on any atom is 0.339 e. The lowest BCUT2D eigenvalue weighted by Crippen LogP contribution is -2.37. The maximum absolute atomic E-state index is 11.5. The summed E-state index contributed by atoms with van der Waals surface area (Å²) in [4.78, 5) is 25.7. The van der Waals surface area contributed by atoms with Crippen LogP contribution < -0.4 is 0 Å². The largest absolute Gasteiger partial charge is 0.478 e. The normalized spacial score (nSPS) is 15.1. The number of fused-ring (bicyclic) bond motifs is 2. The van der Waals surface area contributed by atoms with Gasteiger partial charge in [-0.05, 0) is 25.0 Å². The number of benzene rings is 1. The van der Waals surface area contributed by atoms with E-state index in [-0.39, 0.29) is 5.56 Å². The Bertz CT molecular complexity index is 1260. The van der Waals surface area contributed by atoms with Crippen molar-refractivity contribution in [1.29, 1.82) is 0 Å². The van der Waals surface area contributed by atoms with E-state index in [2.05, 4.69) is 38.9 Å². The number of aromatic carboxylic acids is 1. The van der Waals surface area contributed by atoms with E-state index in [0.29, 0.717) is 22.6 Å². The fraction of sp³-hybridized carbons (Fsp3) is 0.364. The minimum atomic E-state index is -1.04. The zero-order valence-corrected chi connectivity index (χ0v) is 17.3. The molecule has 0 aliphatic carbocycles. The molecule has 0 unspecified atom stereocenters. The summed E-state index contributed by atoms with van der Waals surface area (Å²) < 4.78 is 7.45. The van der Waals surface area contributed by atoms with Crippen molar-refractivity contribution in [2.75, 3.05) is 32.8 Å². The Morgan fingerprint density at radius 1 is 1.26 bits per heavy atom. The van der Waals surface area contributed by atoms with Crippen molar-refractivity contribution < 1.29 is 14.6 Å². The number of carboxylic acids is 1. The van der Waals surface area contributed by atoms with Crippen LogP contribution >= 0.6 is 0 Å². The van der Waals surface area contributed by atoms with Crippen molar-refractivity contribution in [1.82, 2.24) is 29.6 Å². The van der Waals surface area contributed by atoms with Crippen LogP contribution in [-0.2, 0) is 11.3 Å². The summed E-state index contributed by atoms with van der Waals surface area (Å²) in [6, 6.07) is 6.23. The summed E-state index contributed by atoms with van der Waals surface area (Å²) in [6.07, 6.45) is 4.04. The van der Waals surface area contributed by atoms with Crippen molar-refractivity contribution in [3.05, 3.63) is 41.7 Å². The van der Waals surface area contributed by atoms with E-state index >= 15 is 0 Å². The lowest BCUT2D eigenvalue weighted by atomic mass is 10.1. The number of ether oxygens (including phenoxy) is 1. The van der Waals surface area contributed by atoms with E-state index in [1.807, 2.05) is 10.7 Å². The molecule has 160 valence electrons. The molecule has 1 aromatic carbocycles. The lowest BCUT2D eigenvalue weighted by molar-refractivity contribution is 0.0368. The molecule has 5 rings (SSSR count). The summed E-state index contributed by atoms with van der Waals surface area (Å²) in [5, 5.41) is 15.3. The highest BCUT2D eigenvalue weighted by atomic mass is 16.5. The van der Waals surface area contributed by atoms with Crippen molar-refractivity contribution in [3.8, 4) is 11.4 Å². The van der Waals surface area contributed by atoms with Gasteiger partial charge in [-0.2, -0.15) is 5.10 Å². The molecule has 0 bridgehead atoms. The topological polar surface area (TPSA) is 109 Å². The Labute approximate surface area is 178 Å². The number of hydrogen-bond acceptors (Lipinski definition) is 6. The van der Waals surface area contributed by atoms with Crippen molar-refractivity contribution in [2.24, 2.45) is 0 Å². The highest BCUT2D eigenvalue weighted by Crippen LogP contribution is 2.29. The van der Waals surface area contributed by atoms with Crippen LogP contribution in [0.1, 0.15) is 22.3 Å². The Hall–Kier alpha value is -3.30. The number of carbonyl (C=O) groups is 1. The zero-order valence-electron chi connectivity index (χ0n) is 17.3. The molecule has 0 atom stereocenters. The van der Waals surface area contributed by atoms with E-state index < -0.39 is 5.97 Å². The molecular weight excluding hydrogens is 396 g/mol. The molecule has 0 spiro atoms. The van der Waals surface area contributed by atoms with E-state index in [9.17, 15) is 9.90 Å². The van der Waals surface area contributed by atoms with Crippen LogP contribution in [0.5, 0.6) is 0 Å². The molecule has 9 nitrogen and oxygen atoms in total. The van der Waals surface area contributed by atoms with E-state index in [0.717, 1.165) is 62.3 Å². The first-order valence-electron chi connectivity index (χ1n) is 10.5. The number of nitrogens with zero attached hydrogens (tertiary/aromatic N) is 5. The Morgan fingerprint density at radius 3 is 2.90 bits per heavy atom. The van der Waals surface area contributed by atoms with Crippen molar-refractivity contribution >= 4 is 28.0 Å². The highest BCUT2D eigenvalue weighted by Gasteiger charge is 2.18. The third kappa shape index (κ3) is 3.77. The summed E-state index contributed by atoms with van der Waals surface area (Å²) in [5.41, 5.74) is 4.39. The van der Waals surface area contributed by atoms with Gasteiger partial charge in [0.25, 0.3) is 0 Å². The fourth-order valence-electron chi connectivity index (χ4n) is 4.08. The molecule has 2 N–H and O–H groups in total. The van der Waals surface area contributed by atoms with Gasteiger partial charge >= 0.3 is 5.97 Å². The first-order chi connectivity index (χ1) is 15.1. The Balaban J connectivity index is 1.49. The second kappa shape index (κ2) is 8.09. The Kier molecular flexibility index (Phi) is 5.13. The molecule has 0 amide bonds. The van der Waals surface area contributed by atoms with Crippen molar-refractivity contribution in [3.63, 3.8) is 0 Å². The molecule has 1 aliphatic rings. The summed E-state index contributed by atoms with van der Waals surface area (Å²) >= 11 is 0. The van der Waals surface area contributed by atoms with Crippen LogP contribution in [0.2, 0.25) is 0 Å². The number of nitrogens with one attached hydrogen (secondary N) is 1. The van der Waals surface area contributed by atoms with Gasteiger partial charge in [0.15, 0.2) is 5.65 Å². The van der Waals surface area contributed by atoms with Crippen LogP contribution in [0.15, 0.2) is 30.6 Å². The number of H-pyrrole nitrogens is 1. The van der Waals surface area contributed by atoms with Crippen LogP contribution in [0.25, 0.3) is 33.5 Å². The number of carboxylic acid groups (broad SMARTS) is 1. The SMILES string of the molecule is Cc1ccc2c(-c3cnc4[nH]cc(C(=O)O)c4n3)nn(CCCN3CCOCC3)c2c1. The van der Waals surface area contributed by atoms with Gasteiger partial charge in [-0.1, -0.05) is 12.1 Å². The van der Waals surface area contributed by atoms with Gasteiger partial charge in [-0.3, -0.25) is 9.58 Å². The second-order valence-electron chi connectivity index (χ2n) is 7.86. The summed E-state index contributed by atoms with van der Waals surface area (Å²) in [6.45, 7) is 7.40. The molecule has 3 aromatic heterocycles. The number of aryl methyl sites for hydroxylation is 2. The highest BCUT2D eigenvalue weighted by molar-refractivity contribution is 6.01. The molecule has 1 fully saturated rings. The molecule has 1 aliphatic heterocycles. The predicted octanol–water partition coefficient (Wildman–Crippen LogP) is 2.70. The first kappa shape index (κ1) is 19.7. The van der Waals surface area contributed by atoms with Crippen LogP contribution in [0.4, 0.5) is 0 Å². The maximum atomic E-state index is 11.5. The third-order valence-electron chi connectivity index (χ3n) is 5.71. The summed E-state index contributed by atoms with van der Waals surface area (Å²) in [5.74, 6) is -1.04. The fourth-order valence-corrected chi connectivity index (χ4v) is 4.08. The molecular formula is C22H24N6O3. The van der Waals surface area contributed by atoms with Crippen LogP contribution in [0.3, 0.4) is 0 Å². The van der Waals surface area contributed by atoms with Gasteiger partial charge < -0.3 is 14.8 Å². The Morgan fingerprint density at radius 2 is 2.10 bits per heavy atom. The average molecular weight is 420 g/mol. The molecule has 4 heterocycles. The number of rotatable bonds is 6. The molecule has 0 saturated carbocycles. The van der Waals surface area contributed by atoms with Gasteiger partial charge in [0.1, 0.15) is 22.5 Å². The molecule has 1 saturated heterocycles. The molecule has 0 radical (unpaired) electrons. The minimum Gasteiger partial charge on any atom is -0.478 e. The number of aromatic amines is 1. The predicted molar refractivity (Wildman–Crippen MR) is 116 cm³/mol. The standard InChI is InChI=1S/C22H24N6O3/c1-14-3-4-15-18(11-14)28(6-2-5-27-7-9-31-10-8-27)26-19(15)17-13-24-21-20(25-17)16(12-23-21)22(29)30/h3-4,11-13H,2,5-10H2,1H3,(H,23,24)(H,29,30). The van der Waals surface area contributed by atoms with Gasteiger partial charge in [0.2, 0.25) is 0 Å². The molecule has 31 heavy (non-hydrogen) atoms. The second-order valence-corrected chi connectivity index (χ2v) is 7.86. The van der Waals surface area contributed by atoms with E-state index in [1.54, 1.807) is 6.20 Å². The van der Waals surface area contributed by atoms with Crippen LogP contribution in [0, 0.1) is 6.92 Å². The first-order valence-corrected chi connectivity index (χ1v) is 10.5. The summed E-state index contributed by atoms with van der Waals surface area (Å²) in [7, 11) is 0. The van der Waals surface area contributed by atoms with Gasteiger partial charge in [0, 0.05) is 37.8 Å². The monoisotopic (exact) mass is 420 g/mol. The van der Waals surface area contributed by atoms with Gasteiger partial charge in [-0.15, -0.1) is 0 Å². The molecule has 9 heteroatoms. The number of aromatic nitrogens is 5. The van der Waals surface area contributed by atoms with Crippen molar-refractivity contribution in [2.45, 2.75) is 19.9 Å². The molecule has 4 aromatic rings. The minimum absolute atomic E-state index is 0.106. The quantitative estimate of drug-likeness (QED) is 0.494. The van der Waals surface area contributed by atoms with Crippen LogP contribution in [-0.4, -0.2) is 73.6 Å². The number of hydrogen-bond donors (Lipinski definition) is 2. The average Bonchev–Trinajstić information content (AvgIpc) is 3.35. The van der Waals surface area contributed by atoms with Gasteiger partial charge in [0.05, 0.1) is 24.9 Å². The van der Waals surface area contributed by atoms with E-state index in [1.165, 1.54) is 6.20 Å². The smallest absolute Gasteiger partial charge is 0.339 e.